The Morgan fingerprint density at radius 1 is 1.00 bits per heavy atom. The van der Waals surface area contributed by atoms with Gasteiger partial charge in [-0.05, 0) is 62.7 Å². The number of aromatic nitrogens is 3. The molecule has 1 heterocycles. The Bertz CT molecular complexity index is 872. The number of halogens is 1. The first-order valence-corrected chi connectivity index (χ1v) is 10.7. The Hall–Kier alpha value is -1.98. The molecule has 0 aliphatic carbocycles. The lowest BCUT2D eigenvalue weighted by Gasteiger charge is -2.21. The predicted molar refractivity (Wildman–Crippen MR) is 116 cm³/mol. The molecule has 0 saturated carbocycles. The van der Waals surface area contributed by atoms with Crippen molar-refractivity contribution in [3.63, 3.8) is 0 Å². The van der Waals surface area contributed by atoms with Crippen LogP contribution in [0.5, 0.6) is 0 Å². The van der Waals surface area contributed by atoms with Crippen LogP contribution in [-0.4, -0.2) is 27.9 Å². The van der Waals surface area contributed by atoms with E-state index >= 15 is 0 Å². The highest BCUT2D eigenvalue weighted by Gasteiger charge is 2.14. The molecule has 6 heteroatoms. The SMILES string of the molecule is CCN(CC)c1ccc(-c2nnc(SCc3cccc(Cl)c3)n2CC)cc1. The van der Waals surface area contributed by atoms with Gasteiger partial charge in [0.1, 0.15) is 0 Å². The van der Waals surface area contributed by atoms with Gasteiger partial charge in [0.15, 0.2) is 11.0 Å². The van der Waals surface area contributed by atoms with Crippen LogP contribution in [0.4, 0.5) is 5.69 Å². The maximum absolute atomic E-state index is 6.08. The van der Waals surface area contributed by atoms with Crippen molar-refractivity contribution in [1.82, 2.24) is 14.8 Å². The molecule has 0 N–H and O–H groups in total. The highest BCUT2D eigenvalue weighted by atomic mass is 35.5. The summed E-state index contributed by atoms with van der Waals surface area (Å²) < 4.78 is 2.17. The van der Waals surface area contributed by atoms with Crippen molar-refractivity contribution in [2.24, 2.45) is 0 Å². The lowest BCUT2D eigenvalue weighted by Crippen LogP contribution is -2.21. The lowest BCUT2D eigenvalue weighted by atomic mass is 10.2. The van der Waals surface area contributed by atoms with Crippen LogP contribution in [-0.2, 0) is 12.3 Å². The molecular weight excluding hydrogens is 376 g/mol. The second-order valence-electron chi connectivity index (χ2n) is 6.19. The van der Waals surface area contributed by atoms with E-state index in [0.717, 1.165) is 47.0 Å². The van der Waals surface area contributed by atoms with Crippen LogP contribution in [0.2, 0.25) is 5.02 Å². The van der Waals surface area contributed by atoms with Crippen molar-refractivity contribution >= 4 is 29.1 Å². The third-order valence-corrected chi connectivity index (χ3v) is 5.82. The first-order valence-electron chi connectivity index (χ1n) is 9.32. The molecule has 2 aromatic carbocycles. The third-order valence-electron chi connectivity index (χ3n) is 4.54. The van der Waals surface area contributed by atoms with Crippen LogP contribution < -0.4 is 4.90 Å². The smallest absolute Gasteiger partial charge is 0.191 e. The standard InChI is InChI=1S/C21H25ClN4S/c1-4-25(5-2)19-12-10-17(11-13-19)20-23-24-21(26(20)6-3)27-15-16-8-7-9-18(22)14-16/h7-14H,4-6,15H2,1-3H3. The van der Waals surface area contributed by atoms with E-state index in [9.17, 15) is 0 Å². The first kappa shape index (κ1) is 19.8. The van der Waals surface area contributed by atoms with Crippen LogP contribution in [0.1, 0.15) is 26.3 Å². The van der Waals surface area contributed by atoms with E-state index in [-0.39, 0.29) is 0 Å². The zero-order chi connectivity index (χ0) is 19.2. The maximum Gasteiger partial charge on any atom is 0.191 e. The number of nitrogens with zero attached hydrogens (tertiary/aromatic N) is 4. The second-order valence-corrected chi connectivity index (χ2v) is 7.57. The number of anilines is 1. The van der Waals surface area contributed by atoms with Crippen molar-refractivity contribution in [3.8, 4) is 11.4 Å². The minimum absolute atomic E-state index is 0.763. The van der Waals surface area contributed by atoms with Crippen molar-refractivity contribution in [1.29, 1.82) is 0 Å². The average molecular weight is 401 g/mol. The molecule has 27 heavy (non-hydrogen) atoms. The molecule has 0 spiro atoms. The Labute approximate surface area is 170 Å². The van der Waals surface area contributed by atoms with Gasteiger partial charge in [0, 0.05) is 41.7 Å². The molecule has 0 aliphatic heterocycles. The summed E-state index contributed by atoms with van der Waals surface area (Å²) in [4.78, 5) is 2.33. The Morgan fingerprint density at radius 2 is 1.74 bits per heavy atom. The monoisotopic (exact) mass is 400 g/mol. The fourth-order valence-corrected chi connectivity index (χ4v) is 4.24. The summed E-state index contributed by atoms with van der Waals surface area (Å²) >= 11 is 7.77. The minimum Gasteiger partial charge on any atom is -0.372 e. The summed E-state index contributed by atoms with van der Waals surface area (Å²) in [6.07, 6.45) is 0. The van der Waals surface area contributed by atoms with Gasteiger partial charge in [0.05, 0.1) is 0 Å². The largest absolute Gasteiger partial charge is 0.372 e. The Balaban J connectivity index is 1.79. The zero-order valence-corrected chi connectivity index (χ0v) is 17.6. The summed E-state index contributed by atoms with van der Waals surface area (Å²) in [5.41, 5.74) is 3.51. The molecular formula is C21H25ClN4S. The molecule has 0 saturated heterocycles. The number of thioether (sulfide) groups is 1. The predicted octanol–water partition coefficient (Wildman–Crippen LogP) is 5.76. The van der Waals surface area contributed by atoms with Gasteiger partial charge >= 0.3 is 0 Å². The molecule has 0 amide bonds. The molecule has 3 aromatic rings. The topological polar surface area (TPSA) is 34.0 Å². The summed E-state index contributed by atoms with van der Waals surface area (Å²) in [7, 11) is 0. The third kappa shape index (κ3) is 4.66. The van der Waals surface area contributed by atoms with Gasteiger partial charge < -0.3 is 9.47 Å². The number of rotatable bonds is 8. The van der Waals surface area contributed by atoms with Gasteiger partial charge in [-0.15, -0.1) is 10.2 Å². The number of hydrogen-bond donors (Lipinski definition) is 0. The highest BCUT2D eigenvalue weighted by molar-refractivity contribution is 7.98. The van der Waals surface area contributed by atoms with Gasteiger partial charge in [0.25, 0.3) is 0 Å². The Morgan fingerprint density at radius 3 is 2.37 bits per heavy atom. The van der Waals surface area contributed by atoms with E-state index in [4.69, 9.17) is 11.6 Å². The molecule has 0 unspecified atom stereocenters. The molecule has 0 fully saturated rings. The molecule has 0 bridgehead atoms. The fourth-order valence-electron chi connectivity index (χ4n) is 3.08. The minimum atomic E-state index is 0.763. The van der Waals surface area contributed by atoms with E-state index in [1.807, 2.05) is 18.2 Å². The van der Waals surface area contributed by atoms with Crippen LogP contribution >= 0.6 is 23.4 Å². The summed E-state index contributed by atoms with van der Waals surface area (Å²) in [6.45, 7) is 9.32. The van der Waals surface area contributed by atoms with E-state index in [0.29, 0.717) is 0 Å². The van der Waals surface area contributed by atoms with Gasteiger partial charge in [-0.3, -0.25) is 0 Å². The average Bonchev–Trinajstić information content (AvgIpc) is 3.11. The number of benzene rings is 2. The van der Waals surface area contributed by atoms with Crippen LogP contribution in [0, 0.1) is 0 Å². The van der Waals surface area contributed by atoms with Gasteiger partial charge in [0.2, 0.25) is 0 Å². The Kier molecular flexibility index (Phi) is 6.80. The van der Waals surface area contributed by atoms with Gasteiger partial charge in [-0.2, -0.15) is 0 Å². The molecule has 3 rings (SSSR count). The van der Waals surface area contributed by atoms with E-state index in [1.165, 1.54) is 11.3 Å². The van der Waals surface area contributed by atoms with E-state index in [1.54, 1.807) is 11.8 Å². The van der Waals surface area contributed by atoms with Crippen LogP contribution in [0.3, 0.4) is 0 Å². The second kappa shape index (κ2) is 9.29. The molecule has 0 radical (unpaired) electrons. The van der Waals surface area contributed by atoms with Gasteiger partial charge in [-0.25, -0.2) is 0 Å². The van der Waals surface area contributed by atoms with E-state index < -0.39 is 0 Å². The maximum atomic E-state index is 6.08. The normalized spacial score (nSPS) is 11.0. The first-order chi connectivity index (χ1) is 13.2. The summed E-state index contributed by atoms with van der Waals surface area (Å²) in [6, 6.07) is 16.5. The van der Waals surface area contributed by atoms with Crippen molar-refractivity contribution in [2.75, 3.05) is 18.0 Å². The van der Waals surface area contributed by atoms with Crippen molar-refractivity contribution in [3.05, 3.63) is 59.1 Å². The molecule has 1 aromatic heterocycles. The quantitative estimate of drug-likeness (QED) is 0.450. The zero-order valence-electron chi connectivity index (χ0n) is 16.0. The van der Waals surface area contributed by atoms with Crippen molar-refractivity contribution < 1.29 is 0 Å². The highest BCUT2D eigenvalue weighted by Crippen LogP contribution is 2.28. The molecule has 4 nitrogen and oxygen atoms in total. The van der Waals surface area contributed by atoms with Crippen LogP contribution in [0.15, 0.2) is 53.7 Å². The molecule has 0 atom stereocenters. The lowest BCUT2D eigenvalue weighted by molar-refractivity contribution is 0.687. The van der Waals surface area contributed by atoms with Gasteiger partial charge in [-0.1, -0.05) is 35.5 Å². The van der Waals surface area contributed by atoms with E-state index in [2.05, 4.69) is 70.8 Å². The summed E-state index contributed by atoms with van der Waals surface area (Å²) in [5.74, 6) is 1.73. The molecule has 0 aliphatic rings. The van der Waals surface area contributed by atoms with Crippen LogP contribution in [0.25, 0.3) is 11.4 Å². The number of hydrogen-bond acceptors (Lipinski definition) is 4. The molecule has 142 valence electrons. The van der Waals surface area contributed by atoms with Crippen molar-refractivity contribution in [2.45, 2.75) is 38.2 Å². The fraction of sp³-hybridized carbons (Fsp3) is 0.333. The summed E-state index contributed by atoms with van der Waals surface area (Å²) in [5, 5.41) is 10.6.